The molecule has 110 valence electrons. The Labute approximate surface area is 139 Å². The highest BCUT2D eigenvalue weighted by Crippen LogP contribution is 2.29. The lowest BCUT2D eigenvalue weighted by Gasteiger charge is -2.20. The molecule has 0 saturated carbocycles. The van der Waals surface area contributed by atoms with Crippen molar-refractivity contribution in [3.05, 3.63) is 49.6 Å². The van der Waals surface area contributed by atoms with Crippen LogP contribution in [0, 0.1) is 6.92 Å². The second kappa shape index (κ2) is 6.60. The number of halogens is 2. The molecule has 0 radical (unpaired) electrons. The van der Waals surface area contributed by atoms with Gasteiger partial charge in [-0.1, -0.05) is 11.6 Å². The predicted molar refractivity (Wildman–Crippen MR) is 87.5 cm³/mol. The third-order valence-corrected chi connectivity index (χ3v) is 5.12. The minimum Gasteiger partial charge on any atom is -0.480 e. The molecule has 4 nitrogen and oxygen atoms in total. The van der Waals surface area contributed by atoms with Crippen LogP contribution < -0.4 is 4.90 Å². The maximum Gasteiger partial charge on any atom is 0.323 e. The molecule has 0 unspecified atom stereocenters. The summed E-state index contributed by atoms with van der Waals surface area (Å²) < 4.78 is 0.859. The Morgan fingerprint density at radius 3 is 2.43 bits per heavy atom. The molecule has 1 amide bonds. The molecule has 0 saturated heterocycles. The van der Waals surface area contributed by atoms with E-state index in [-0.39, 0.29) is 5.91 Å². The predicted octanol–water partition coefficient (Wildman–Crippen LogP) is 4.20. The van der Waals surface area contributed by atoms with Crippen molar-refractivity contribution < 1.29 is 14.7 Å². The molecule has 0 bridgehead atoms. The Morgan fingerprint density at radius 2 is 1.95 bits per heavy atom. The van der Waals surface area contributed by atoms with Crippen molar-refractivity contribution >= 4 is 56.4 Å². The number of carboxylic acids is 1. The zero-order valence-corrected chi connectivity index (χ0v) is 14.1. The molecule has 1 aromatic carbocycles. The molecule has 0 atom stereocenters. The number of aliphatic carboxylic acids is 1. The summed E-state index contributed by atoms with van der Waals surface area (Å²) in [5.74, 6) is -1.43. The lowest BCUT2D eigenvalue weighted by molar-refractivity contribution is -0.135. The summed E-state index contributed by atoms with van der Waals surface area (Å²) in [6.07, 6.45) is 0. The van der Waals surface area contributed by atoms with Crippen LogP contribution in [0.3, 0.4) is 0 Å². The molecule has 2 rings (SSSR count). The minimum atomic E-state index is -1.08. The van der Waals surface area contributed by atoms with Gasteiger partial charge in [0.1, 0.15) is 6.54 Å². The van der Waals surface area contributed by atoms with Crippen molar-refractivity contribution in [2.75, 3.05) is 11.4 Å². The number of hydrogen-bond donors (Lipinski definition) is 1. The lowest BCUT2D eigenvalue weighted by atomic mass is 10.2. The van der Waals surface area contributed by atoms with E-state index in [1.165, 1.54) is 16.2 Å². The number of benzene rings is 1. The number of carboxylic acid groups (broad SMARTS) is 1. The first-order valence-electron chi connectivity index (χ1n) is 5.93. The van der Waals surface area contributed by atoms with Crippen LogP contribution in [0.1, 0.15) is 15.2 Å². The monoisotopic (exact) mass is 387 g/mol. The van der Waals surface area contributed by atoms with Crippen LogP contribution in [0.5, 0.6) is 0 Å². The molecule has 0 fully saturated rings. The summed E-state index contributed by atoms with van der Waals surface area (Å²) in [6, 6.07) is 8.22. The fourth-order valence-electron chi connectivity index (χ4n) is 1.73. The molecule has 0 aliphatic heterocycles. The van der Waals surface area contributed by atoms with Gasteiger partial charge in [0.15, 0.2) is 0 Å². The van der Waals surface area contributed by atoms with Crippen LogP contribution in [0.25, 0.3) is 0 Å². The number of rotatable bonds is 4. The van der Waals surface area contributed by atoms with Gasteiger partial charge in [0.2, 0.25) is 0 Å². The van der Waals surface area contributed by atoms with Crippen LogP contribution in [-0.4, -0.2) is 23.5 Å². The Morgan fingerprint density at radius 1 is 1.33 bits per heavy atom. The highest BCUT2D eigenvalue weighted by Gasteiger charge is 2.22. The summed E-state index contributed by atoms with van der Waals surface area (Å²) in [4.78, 5) is 25.3. The van der Waals surface area contributed by atoms with Gasteiger partial charge in [0.25, 0.3) is 5.91 Å². The number of carbonyl (C=O) groups excluding carboxylic acids is 1. The SMILES string of the molecule is Cc1cc(C(=O)N(CC(=O)O)c2ccc(Cl)cc2)sc1Br. The van der Waals surface area contributed by atoms with E-state index < -0.39 is 12.5 Å². The Bertz CT molecular complexity index is 665. The molecular weight excluding hydrogens is 378 g/mol. The topological polar surface area (TPSA) is 57.6 Å². The summed E-state index contributed by atoms with van der Waals surface area (Å²) in [7, 11) is 0. The van der Waals surface area contributed by atoms with Gasteiger partial charge in [0, 0.05) is 10.7 Å². The fraction of sp³-hybridized carbons (Fsp3) is 0.143. The van der Waals surface area contributed by atoms with E-state index in [4.69, 9.17) is 16.7 Å². The summed E-state index contributed by atoms with van der Waals surface area (Å²) in [5.41, 5.74) is 1.43. The zero-order valence-electron chi connectivity index (χ0n) is 11.0. The highest BCUT2D eigenvalue weighted by molar-refractivity contribution is 9.11. The van der Waals surface area contributed by atoms with Crippen LogP contribution in [0.15, 0.2) is 34.1 Å². The number of amides is 1. The summed E-state index contributed by atoms with van der Waals surface area (Å²) in [6.45, 7) is 1.47. The second-order valence-corrected chi connectivity index (χ2v) is 7.14. The summed E-state index contributed by atoms with van der Waals surface area (Å²) >= 11 is 10.5. The molecule has 21 heavy (non-hydrogen) atoms. The van der Waals surface area contributed by atoms with Gasteiger partial charge in [-0.05, 0) is 58.7 Å². The Balaban J connectivity index is 2.37. The molecule has 7 heteroatoms. The van der Waals surface area contributed by atoms with Gasteiger partial charge in [-0.3, -0.25) is 14.5 Å². The number of carbonyl (C=O) groups is 2. The number of thiophene rings is 1. The number of aryl methyl sites for hydroxylation is 1. The normalized spacial score (nSPS) is 10.4. The van der Waals surface area contributed by atoms with E-state index in [1.807, 2.05) is 6.92 Å². The third kappa shape index (κ3) is 3.84. The second-order valence-electron chi connectivity index (χ2n) is 4.33. The highest BCUT2D eigenvalue weighted by atomic mass is 79.9. The van der Waals surface area contributed by atoms with Crippen molar-refractivity contribution in [3.63, 3.8) is 0 Å². The van der Waals surface area contributed by atoms with Crippen molar-refractivity contribution in [2.24, 2.45) is 0 Å². The molecular formula is C14H11BrClNO3S. The maximum atomic E-state index is 12.6. The van der Waals surface area contributed by atoms with Crippen molar-refractivity contribution in [1.29, 1.82) is 0 Å². The van der Waals surface area contributed by atoms with E-state index in [2.05, 4.69) is 15.9 Å². The number of hydrogen-bond acceptors (Lipinski definition) is 3. The average Bonchev–Trinajstić information content (AvgIpc) is 2.76. The van der Waals surface area contributed by atoms with Gasteiger partial charge in [-0.2, -0.15) is 0 Å². The van der Waals surface area contributed by atoms with Gasteiger partial charge in [-0.15, -0.1) is 11.3 Å². The van der Waals surface area contributed by atoms with Gasteiger partial charge in [0.05, 0.1) is 8.66 Å². The van der Waals surface area contributed by atoms with E-state index in [1.54, 1.807) is 30.3 Å². The number of nitrogens with zero attached hydrogens (tertiary/aromatic N) is 1. The van der Waals surface area contributed by atoms with Crippen LogP contribution >= 0.6 is 38.9 Å². The van der Waals surface area contributed by atoms with E-state index in [0.717, 1.165) is 9.35 Å². The van der Waals surface area contributed by atoms with Gasteiger partial charge >= 0.3 is 5.97 Å². The standard InChI is InChI=1S/C14H11BrClNO3S/c1-8-6-11(21-13(8)15)14(20)17(7-12(18)19)10-4-2-9(16)3-5-10/h2-6H,7H2,1H3,(H,18,19). The van der Waals surface area contributed by atoms with Crippen LogP contribution in [0.4, 0.5) is 5.69 Å². The molecule has 0 aliphatic carbocycles. The quantitative estimate of drug-likeness (QED) is 0.854. The first-order chi connectivity index (χ1) is 9.88. The van der Waals surface area contributed by atoms with Gasteiger partial charge in [-0.25, -0.2) is 0 Å². The first kappa shape index (κ1) is 16.0. The van der Waals surface area contributed by atoms with Crippen LogP contribution in [0.2, 0.25) is 5.02 Å². The van der Waals surface area contributed by atoms with E-state index in [0.29, 0.717) is 15.6 Å². The fourth-order valence-corrected chi connectivity index (χ4v) is 3.34. The molecule has 1 heterocycles. The van der Waals surface area contributed by atoms with E-state index >= 15 is 0 Å². The lowest BCUT2D eigenvalue weighted by Crippen LogP contribution is -2.35. The molecule has 2 aromatic rings. The smallest absolute Gasteiger partial charge is 0.323 e. The summed E-state index contributed by atoms with van der Waals surface area (Å²) in [5, 5.41) is 9.55. The van der Waals surface area contributed by atoms with Crippen molar-refractivity contribution in [1.82, 2.24) is 0 Å². The van der Waals surface area contributed by atoms with Crippen molar-refractivity contribution in [2.45, 2.75) is 6.92 Å². The largest absolute Gasteiger partial charge is 0.480 e. The molecule has 1 aromatic heterocycles. The maximum absolute atomic E-state index is 12.6. The van der Waals surface area contributed by atoms with Crippen molar-refractivity contribution in [3.8, 4) is 0 Å². The Kier molecular flexibility index (Phi) is 5.03. The zero-order chi connectivity index (χ0) is 15.6. The Hall–Kier alpha value is -1.37. The molecule has 1 N–H and O–H groups in total. The van der Waals surface area contributed by atoms with Crippen LogP contribution in [-0.2, 0) is 4.79 Å². The first-order valence-corrected chi connectivity index (χ1v) is 7.92. The average molecular weight is 389 g/mol. The molecule has 0 spiro atoms. The van der Waals surface area contributed by atoms with E-state index in [9.17, 15) is 9.59 Å². The molecule has 0 aliphatic rings. The number of anilines is 1. The minimum absolute atomic E-state index is 0.349. The third-order valence-electron chi connectivity index (χ3n) is 2.74. The van der Waals surface area contributed by atoms with Gasteiger partial charge < -0.3 is 5.11 Å².